The second-order valence-electron chi connectivity index (χ2n) is 2.65. The molecular weight excluding hydrogens is 130 g/mol. The molecule has 10 heavy (non-hydrogen) atoms. The number of rotatable bonds is 4. The molecule has 0 aromatic heterocycles. The van der Waals surface area contributed by atoms with Crippen molar-refractivity contribution in [2.24, 2.45) is 5.92 Å². The summed E-state index contributed by atoms with van der Waals surface area (Å²) in [6, 6.07) is 0.274. The lowest BCUT2D eigenvalue weighted by Crippen LogP contribution is -2.29. The predicted octanol–water partition coefficient (Wildman–Crippen LogP) is 0.705. The van der Waals surface area contributed by atoms with E-state index in [4.69, 9.17) is 5.11 Å². The van der Waals surface area contributed by atoms with E-state index in [0.717, 1.165) is 0 Å². The molecule has 3 nitrogen and oxygen atoms in total. The first-order valence-electron chi connectivity index (χ1n) is 3.47. The number of carbonyl (C=O) groups is 1. The van der Waals surface area contributed by atoms with Gasteiger partial charge in [0.15, 0.2) is 0 Å². The minimum absolute atomic E-state index is 0.197. The zero-order chi connectivity index (χ0) is 8.15. The second kappa shape index (κ2) is 4.28. The van der Waals surface area contributed by atoms with E-state index in [2.05, 4.69) is 5.32 Å². The zero-order valence-corrected chi connectivity index (χ0v) is 6.72. The summed E-state index contributed by atoms with van der Waals surface area (Å²) < 4.78 is 0. The lowest BCUT2D eigenvalue weighted by Gasteiger charge is -2.16. The quantitative estimate of drug-likeness (QED) is 0.612. The molecule has 0 heterocycles. The highest BCUT2D eigenvalue weighted by Crippen LogP contribution is 2.06. The molecule has 0 aliphatic heterocycles. The third kappa shape index (κ3) is 3.45. The molecule has 0 bridgehead atoms. The molecule has 60 valence electrons. The summed E-state index contributed by atoms with van der Waals surface area (Å²) in [4.78, 5) is 10.2. The molecule has 0 saturated heterocycles. The molecule has 0 rings (SSSR count). The number of aliphatic carboxylic acids is 1. The first-order chi connectivity index (χ1) is 4.57. The van der Waals surface area contributed by atoms with Crippen LogP contribution >= 0.6 is 0 Å². The van der Waals surface area contributed by atoms with E-state index in [9.17, 15) is 4.79 Å². The molecule has 0 aromatic rings. The highest BCUT2D eigenvalue weighted by atomic mass is 16.4. The van der Waals surface area contributed by atoms with E-state index < -0.39 is 5.97 Å². The number of nitrogens with one attached hydrogen (secondary N) is 1. The molecular formula is C7H15NO2. The van der Waals surface area contributed by atoms with Gasteiger partial charge in [0.2, 0.25) is 0 Å². The highest BCUT2D eigenvalue weighted by molar-refractivity contribution is 5.67. The summed E-state index contributed by atoms with van der Waals surface area (Å²) in [6.07, 6.45) is 0.238. The fourth-order valence-electron chi connectivity index (χ4n) is 0.737. The predicted molar refractivity (Wildman–Crippen MR) is 39.9 cm³/mol. The molecule has 0 radical (unpaired) electrons. The van der Waals surface area contributed by atoms with Crippen LogP contribution in [0.25, 0.3) is 0 Å². The van der Waals surface area contributed by atoms with Gasteiger partial charge in [-0.1, -0.05) is 6.92 Å². The fraction of sp³-hybridized carbons (Fsp3) is 0.857. The maximum absolute atomic E-state index is 10.2. The van der Waals surface area contributed by atoms with Gasteiger partial charge in [-0.05, 0) is 19.9 Å². The molecule has 3 heteroatoms. The Balaban J connectivity index is 3.61. The van der Waals surface area contributed by atoms with Crippen molar-refractivity contribution in [1.29, 1.82) is 0 Å². The second-order valence-corrected chi connectivity index (χ2v) is 2.65. The van der Waals surface area contributed by atoms with Crippen LogP contribution in [-0.4, -0.2) is 24.2 Å². The van der Waals surface area contributed by atoms with Crippen LogP contribution in [0.1, 0.15) is 20.3 Å². The van der Waals surface area contributed by atoms with E-state index in [1.54, 1.807) is 0 Å². The van der Waals surface area contributed by atoms with Crippen LogP contribution in [-0.2, 0) is 4.79 Å². The van der Waals surface area contributed by atoms with Gasteiger partial charge >= 0.3 is 5.97 Å². The van der Waals surface area contributed by atoms with Gasteiger partial charge < -0.3 is 10.4 Å². The summed E-state index contributed by atoms with van der Waals surface area (Å²) in [6.45, 7) is 3.91. The molecule has 0 saturated carbocycles. The van der Waals surface area contributed by atoms with Crippen molar-refractivity contribution < 1.29 is 9.90 Å². The van der Waals surface area contributed by atoms with Gasteiger partial charge in [-0.2, -0.15) is 0 Å². The molecule has 0 aromatic carbocycles. The van der Waals surface area contributed by atoms with E-state index in [1.807, 2.05) is 20.9 Å². The smallest absolute Gasteiger partial charge is 0.303 e. The summed E-state index contributed by atoms with van der Waals surface area (Å²) >= 11 is 0. The minimum atomic E-state index is -0.727. The van der Waals surface area contributed by atoms with Crippen LogP contribution in [0.4, 0.5) is 0 Å². The summed E-state index contributed by atoms with van der Waals surface area (Å²) in [5.41, 5.74) is 0. The van der Waals surface area contributed by atoms with Gasteiger partial charge in [0.1, 0.15) is 0 Å². The topological polar surface area (TPSA) is 49.3 Å². The monoisotopic (exact) mass is 145 g/mol. The summed E-state index contributed by atoms with van der Waals surface area (Å²) in [5, 5.41) is 11.4. The fourth-order valence-corrected chi connectivity index (χ4v) is 0.737. The van der Waals surface area contributed by atoms with Gasteiger partial charge in [0, 0.05) is 12.5 Å². The minimum Gasteiger partial charge on any atom is -0.481 e. The maximum atomic E-state index is 10.2. The van der Waals surface area contributed by atoms with E-state index in [1.165, 1.54) is 0 Å². The first kappa shape index (κ1) is 9.43. The number of carboxylic acid groups (broad SMARTS) is 1. The average Bonchev–Trinajstić information content (AvgIpc) is 1.85. The van der Waals surface area contributed by atoms with Crippen LogP contribution in [0.3, 0.4) is 0 Å². The maximum Gasteiger partial charge on any atom is 0.303 e. The van der Waals surface area contributed by atoms with Crippen molar-refractivity contribution in [2.45, 2.75) is 26.3 Å². The lowest BCUT2D eigenvalue weighted by molar-refractivity contribution is -0.138. The van der Waals surface area contributed by atoms with Crippen LogP contribution in [0.5, 0.6) is 0 Å². The van der Waals surface area contributed by atoms with Crippen molar-refractivity contribution >= 4 is 5.97 Å². The van der Waals surface area contributed by atoms with Crippen LogP contribution in [0.15, 0.2) is 0 Å². The largest absolute Gasteiger partial charge is 0.481 e. The molecule has 2 N–H and O–H groups in total. The van der Waals surface area contributed by atoms with Gasteiger partial charge in [-0.15, -0.1) is 0 Å². The number of hydrogen-bond acceptors (Lipinski definition) is 2. The van der Waals surface area contributed by atoms with Gasteiger partial charge in [-0.3, -0.25) is 4.79 Å². The van der Waals surface area contributed by atoms with Crippen molar-refractivity contribution in [2.75, 3.05) is 7.05 Å². The van der Waals surface area contributed by atoms with Gasteiger partial charge in [0.05, 0.1) is 0 Å². The van der Waals surface area contributed by atoms with Crippen molar-refractivity contribution in [3.05, 3.63) is 0 Å². The van der Waals surface area contributed by atoms with Crippen molar-refractivity contribution in [3.63, 3.8) is 0 Å². The SMILES string of the molecule is CNC(C)C(C)CC(=O)O. The standard InChI is InChI=1S/C7H15NO2/c1-5(4-7(9)10)6(2)8-3/h5-6,8H,4H2,1-3H3,(H,9,10). The molecule has 0 aliphatic carbocycles. The highest BCUT2D eigenvalue weighted by Gasteiger charge is 2.12. The first-order valence-corrected chi connectivity index (χ1v) is 3.47. The van der Waals surface area contributed by atoms with Crippen LogP contribution in [0, 0.1) is 5.92 Å². The Kier molecular flexibility index (Phi) is 4.03. The third-order valence-electron chi connectivity index (χ3n) is 1.81. The van der Waals surface area contributed by atoms with E-state index in [-0.39, 0.29) is 18.4 Å². The Bertz CT molecular complexity index is 114. The van der Waals surface area contributed by atoms with Crippen molar-refractivity contribution in [3.8, 4) is 0 Å². The Morgan fingerprint density at radius 3 is 2.40 bits per heavy atom. The van der Waals surface area contributed by atoms with Gasteiger partial charge in [0.25, 0.3) is 0 Å². The zero-order valence-electron chi connectivity index (χ0n) is 6.72. The van der Waals surface area contributed by atoms with E-state index >= 15 is 0 Å². The Hall–Kier alpha value is -0.570. The Morgan fingerprint density at radius 1 is 1.60 bits per heavy atom. The number of carboxylic acids is 1. The molecule has 0 spiro atoms. The number of hydrogen-bond donors (Lipinski definition) is 2. The Morgan fingerprint density at radius 2 is 2.10 bits per heavy atom. The molecule has 0 amide bonds. The van der Waals surface area contributed by atoms with Gasteiger partial charge in [-0.25, -0.2) is 0 Å². The summed E-state index contributed by atoms with van der Waals surface area (Å²) in [7, 11) is 1.84. The lowest BCUT2D eigenvalue weighted by atomic mass is 10.0. The molecule has 2 unspecified atom stereocenters. The van der Waals surface area contributed by atoms with E-state index in [0.29, 0.717) is 0 Å². The van der Waals surface area contributed by atoms with Crippen LogP contribution in [0.2, 0.25) is 0 Å². The normalized spacial score (nSPS) is 16.3. The Labute approximate surface area is 61.4 Å². The summed E-state index contributed by atoms with van der Waals surface area (Å²) in [5.74, 6) is -0.530. The molecule has 0 fully saturated rings. The molecule has 2 atom stereocenters. The average molecular weight is 145 g/mol. The van der Waals surface area contributed by atoms with Crippen LogP contribution < -0.4 is 5.32 Å². The van der Waals surface area contributed by atoms with Crippen molar-refractivity contribution in [1.82, 2.24) is 5.32 Å². The third-order valence-corrected chi connectivity index (χ3v) is 1.81. The molecule has 0 aliphatic rings.